The third-order valence-electron chi connectivity index (χ3n) is 7.49. The highest BCUT2D eigenvalue weighted by atomic mass is 35.5. The van der Waals surface area contributed by atoms with Gasteiger partial charge in [0, 0.05) is 0 Å². The zero-order valence-corrected chi connectivity index (χ0v) is 21.3. The number of carbonyl (C=O) groups excluding carboxylic acids is 4. The van der Waals surface area contributed by atoms with Crippen molar-refractivity contribution < 1.29 is 23.9 Å². The van der Waals surface area contributed by atoms with Crippen molar-refractivity contribution in [1.29, 1.82) is 0 Å². The third kappa shape index (κ3) is 2.85. The quantitative estimate of drug-likeness (QED) is 0.207. The SMILES string of the molecule is C[C@@H](C(=O)OCC(=O)c1cccs1)N1C(=O)[C@@H]2[C@H](C1=O)C1(Cl)c3ccccc3C2(Cl)c2ccccc21. The summed E-state index contributed by atoms with van der Waals surface area (Å²) < 4.78 is 5.20. The maximum Gasteiger partial charge on any atom is 0.329 e. The van der Waals surface area contributed by atoms with Crippen molar-refractivity contribution in [1.82, 2.24) is 4.90 Å². The molecule has 3 aliphatic carbocycles. The van der Waals surface area contributed by atoms with Crippen LogP contribution in [-0.4, -0.2) is 41.1 Å². The lowest BCUT2D eigenvalue weighted by Crippen LogP contribution is -2.57. The number of hydrogen-bond acceptors (Lipinski definition) is 6. The molecule has 0 radical (unpaired) electrons. The molecule has 3 atom stereocenters. The third-order valence-corrected chi connectivity index (χ3v) is 9.68. The minimum Gasteiger partial charge on any atom is -0.456 e. The number of benzene rings is 2. The zero-order valence-electron chi connectivity index (χ0n) is 18.9. The normalized spacial score (nSPS) is 28.4. The van der Waals surface area contributed by atoms with Crippen LogP contribution in [0.15, 0.2) is 66.0 Å². The summed E-state index contributed by atoms with van der Waals surface area (Å²) in [5.74, 6) is -4.38. The molecule has 36 heavy (non-hydrogen) atoms. The number of imide groups is 1. The summed E-state index contributed by atoms with van der Waals surface area (Å²) in [4.78, 5) is 51.6. The number of halogens is 2. The topological polar surface area (TPSA) is 80.8 Å². The monoisotopic (exact) mass is 539 g/mol. The van der Waals surface area contributed by atoms with Crippen molar-refractivity contribution in [2.45, 2.75) is 22.7 Å². The van der Waals surface area contributed by atoms with Gasteiger partial charge in [0.2, 0.25) is 17.6 Å². The molecule has 0 unspecified atom stereocenters. The highest BCUT2D eigenvalue weighted by Crippen LogP contribution is 2.69. The maximum atomic E-state index is 13.9. The van der Waals surface area contributed by atoms with Crippen LogP contribution < -0.4 is 0 Å². The Kier molecular flexibility index (Phi) is 5.20. The summed E-state index contributed by atoms with van der Waals surface area (Å²) in [6.45, 7) is 0.928. The van der Waals surface area contributed by atoms with Gasteiger partial charge in [0.05, 0.1) is 16.7 Å². The number of hydrogen-bond donors (Lipinski definition) is 0. The van der Waals surface area contributed by atoms with E-state index in [1.807, 2.05) is 48.5 Å². The van der Waals surface area contributed by atoms with E-state index in [0.717, 1.165) is 4.90 Å². The molecule has 4 aliphatic rings. The predicted octanol–water partition coefficient (Wildman–Crippen LogP) is 4.46. The van der Waals surface area contributed by atoms with E-state index in [9.17, 15) is 19.2 Å². The molecule has 1 saturated heterocycles. The molecule has 2 aromatic carbocycles. The van der Waals surface area contributed by atoms with Crippen LogP contribution in [0, 0.1) is 11.8 Å². The Morgan fingerprint density at radius 3 is 1.78 bits per heavy atom. The lowest BCUT2D eigenvalue weighted by molar-refractivity contribution is -0.157. The van der Waals surface area contributed by atoms with Crippen LogP contribution in [0.3, 0.4) is 0 Å². The number of esters is 1. The number of alkyl halides is 2. The van der Waals surface area contributed by atoms with Gasteiger partial charge in [0.1, 0.15) is 15.8 Å². The molecule has 1 aromatic heterocycles. The average Bonchev–Trinajstić information content (AvgIpc) is 3.52. The molecule has 0 spiro atoms. The van der Waals surface area contributed by atoms with Crippen molar-refractivity contribution in [3.05, 3.63) is 93.2 Å². The maximum absolute atomic E-state index is 13.9. The standard InChI is InChI=1S/C27H19Cl2NO5S/c1-14(25(34)35-13-19(31)20-11-6-12-36-20)30-23(32)21-22(24(30)33)27(29)16-8-3-2-7-15(16)26(21,28)17-9-4-5-10-18(17)27/h2-12,14,21-22H,13H2,1H3/t14-,21-,22+,26?,27?/m0/s1. The van der Waals surface area contributed by atoms with Crippen LogP contribution in [0.5, 0.6) is 0 Å². The molecule has 2 bridgehead atoms. The number of nitrogens with zero attached hydrogens (tertiary/aromatic N) is 1. The van der Waals surface area contributed by atoms with Gasteiger partial charge in [-0.15, -0.1) is 34.5 Å². The van der Waals surface area contributed by atoms with E-state index in [0.29, 0.717) is 27.1 Å². The van der Waals surface area contributed by atoms with Gasteiger partial charge in [-0.3, -0.25) is 19.3 Å². The van der Waals surface area contributed by atoms with Gasteiger partial charge in [-0.1, -0.05) is 54.6 Å². The molecule has 1 fully saturated rings. The number of ketones is 1. The van der Waals surface area contributed by atoms with Crippen LogP contribution in [0.25, 0.3) is 0 Å². The Morgan fingerprint density at radius 1 is 0.889 bits per heavy atom. The lowest BCUT2D eigenvalue weighted by Gasteiger charge is -2.54. The molecular formula is C27H19Cl2NO5S. The predicted molar refractivity (Wildman–Crippen MR) is 134 cm³/mol. The molecule has 0 saturated carbocycles. The molecule has 2 heterocycles. The molecule has 6 nitrogen and oxygen atoms in total. The van der Waals surface area contributed by atoms with Crippen LogP contribution in [0.1, 0.15) is 38.8 Å². The highest BCUT2D eigenvalue weighted by Gasteiger charge is 2.73. The highest BCUT2D eigenvalue weighted by molar-refractivity contribution is 7.12. The van der Waals surface area contributed by atoms with Gasteiger partial charge in [-0.2, -0.15) is 0 Å². The number of carbonyl (C=O) groups is 4. The van der Waals surface area contributed by atoms with E-state index in [4.69, 9.17) is 27.9 Å². The molecule has 9 heteroatoms. The zero-order chi connectivity index (χ0) is 25.4. The minimum atomic E-state index is -1.32. The van der Waals surface area contributed by atoms with E-state index in [-0.39, 0.29) is 5.78 Å². The number of amides is 2. The summed E-state index contributed by atoms with van der Waals surface area (Å²) in [6.07, 6.45) is 0. The van der Waals surface area contributed by atoms with Crippen molar-refractivity contribution in [2.75, 3.05) is 6.61 Å². The van der Waals surface area contributed by atoms with Gasteiger partial charge in [0.25, 0.3) is 0 Å². The van der Waals surface area contributed by atoms with Crippen molar-refractivity contribution >= 4 is 58.1 Å². The van der Waals surface area contributed by atoms with E-state index in [1.54, 1.807) is 17.5 Å². The molecule has 182 valence electrons. The van der Waals surface area contributed by atoms with Gasteiger partial charge in [-0.05, 0) is 40.6 Å². The molecular weight excluding hydrogens is 521 g/mol. The second-order valence-electron chi connectivity index (χ2n) is 9.20. The van der Waals surface area contributed by atoms with Crippen LogP contribution >= 0.6 is 34.5 Å². The number of ether oxygens (including phenoxy) is 1. The Labute approximate surface area is 220 Å². The smallest absolute Gasteiger partial charge is 0.329 e. The van der Waals surface area contributed by atoms with Crippen molar-refractivity contribution in [2.24, 2.45) is 11.8 Å². The first kappa shape index (κ1) is 23.4. The fraction of sp³-hybridized carbons (Fsp3) is 0.259. The number of Topliss-reactive ketones (excluding diaryl/α,β-unsaturated/α-hetero) is 1. The van der Waals surface area contributed by atoms with Crippen LogP contribution in [0.2, 0.25) is 0 Å². The van der Waals surface area contributed by atoms with E-state index in [1.165, 1.54) is 18.3 Å². The van der Waals surface area contributed by atoms with Gasteiger partial charge >= 0.3 is 5.97 Å². The summed E-state index contributed by atoms with van der Waals surface area (Å²) in [5.41, 5.74) is 2.73. The molecule has 3 aromatic rings. The van der Waals surface area contributed by atoms with Crippen molar-refractivity contribution in [3.8, 4) is 0 Å². The Hall–Kier alpha value is -3.00. The molecule has 1 aliphatic heterocycles. The van der Waals surface area contributed by atoms with E-state index < -0.39 is 52.0 Å². The summed E-state index contributed by atoms with van der Waals surface area (Å²) in [6, 6.07) is 16.7. The summed E-state index contributed by atoms with van der Waals surface area (Å²) >= 11 is 16.0. The fourth-order valence-corrected chi connectivity index (χ4v) is 7.69. The first-order valence-electron chi connectivity index (χ1n) is 11.4. The average molecular weight is 540 g/mol. The first-order chi connectivity index (χ1) is 17.2. The number of thiophene rings is 1. The molecule has 2 amide bonds. The summed E-state index contributed by atoms with van der Waals surface area (Å²) in [7, 11) is 0. The van der Waals surface area contributed by atoms with E-state index in [2.05, 4.69) is 0 Å². The second kappa shape index (κ2) is 8.00. The molecule has 7 rings (SSSR count). The van der Waals surface area contributed by atoms with Crippen molar-refractivity contribution in [3.63, 3.8) is 0 Å². The fourth-order valence-electron chi connectivity index (χ4n) is 5.94. The largest absolute Gasteiger partial charge is 0.456 e. The second-order valence-corrected chi connectivity index (χ2v) is 11.3. The summed E-state index contributed by atoms with van der Waals surface area (Å²) in [5, 5.41) is 1.75. The number of rotatable bonds is 5. The van der Waals surface area contributed by atoms with Gasteiger partial charge in [-0.25, -0.2) is 4.79 Å². The molecule has 0 N–H and O–H groups in total. The Balaban J connectivity index is 1.37. The Morgan fingerprint density at radius 2 is 1.36 bits per heavy atom. The van der Waals surface area contributed by atoms with Gasteiger partial charge in [0.15, 0.2) is 6.61 Å². The first-order valence-corrected chi connectivity index (χ1v) is 13.0. The van der Waals surface area contributed by atoms with Gasteiger partial charge < -0.3 is 4.74 Å². The lowest BCUT2D eigenvalue weighted by atomic mass is 9.54. The van der Waals surface area contributed by atoms with Crippen LogP contribution in [0.4, 0.5) is 0 Å². The number of likely N-dealkylation sites (tertiary alicyclic amines) is 1. The van der Waals surface area contributed by atoms with E-state index >= 15 is 0 Å². The Bertz CT molecular complexity index is 1330. The minimum absolute atomic E-state index is 0.360. The van der Waals surface area contributed by atoms with Crippen LogP contribution in [-0.2, 0) is 28.9 Å².